The lowest BCUT2D eigenvalue weighted by Crippen LogP contribution is -2.10. The van der Waals surface area contributed by atoms with Gasteiger partial charge in [-0.05, 0) is 12.5 Å². The number of nitrogens with zero attached hydrogens (tertiary/aromatic N) is 2. The Morgan fingerprint density at radius 3 is 3.08 bits per heavy atom. The van der Waals surface area contributed by atoms with E-state index in [4.69, 9.17) is 5.11 Å². The van der Waals surface area contributed by atoms with Crippen LogP contribution in [0.15, 0.2) is 12.3 Å². The number of aromatic nitrogens is 2. The van der Waals surface area contributed by atoms with Gasteiger partial charge < -0.3 is 5.11 Å². The molecule has 12 heavy (non-hydrogen) atoms. The Bertz CT molecular complexity index is 272. The quantitative estimate of drug-likeness (QED) is 0.735. The molecule has 1 N–H and O–H groups in total. The molecule has 1 aromatic rings. The molecule has 1 rings (SSSR count). The Balaban J connectivity index is 2.70. The Morgan fingerprint density at radius 2 is 2.50 bits per heavy atom. The third-order valence-electron chi connectivity index (χ3n) is 1.44. The summed E-state index contributed by atoms with van der Waals surface area (Å²) in [6, 6.07) is 1.39. The van der Waals surface area contributed by atoms with Gasteiger partial charge in [-0.1, -0.05) is 0 Å². The van der Waals surface area contributed by atoms with Gasteiger partial charge in [0, 0.05) is 12.7 Å². The Kier molecular flexibility index (Phi) is 2.79. The van der Waals surface area contributed by atoms with E-state index in [1.165, 1.54) is 16.9 Å². The molecule has 0 atom stereocenters. The van der Waals surface area contributed by atoms with Crippen molar-refractivity contribution in [3.05, 3.63) is 18.0 Å². The van der Waals surface area contributed by atoms with Crippen LogP contribution in [0.5, 0.6) is 0 Å². The number of carbonyl (C=O) groups is 1. The van der Waals surface area contributed by atoms with Gasteiger partial charge in [-0.15, -0.1) is 0 Å². The molecule has 0 fully saturated rings. The predicted octanol–water partition coefficient (Wildman–Crippen LogP) is 0.941. The van der Waals surface area contributed by atoms with Crippen LogP contribution in [0, 0.1) is 0 Å². The molecule has 5 heteroatoms. The number of carboxylic acid groups (broad SMARTS) is 1. The van der Waals surface area contributed by atoms with Crippen LogP contribution < -0.4 is 0 Å². The van der Waals surface area contributed by atoms with E-state index in [9.17, 15) is 9.18 Å². The lowest BCUT2D eigenvalue weighted by molar-refractivity contribution is 0.0682. The third-order valence-corrected chi connectivity index (χ3v) is 1.44. The minimum absolute atomic E-state index is 0.100. The second kappa shape index (κ2) is 3.85. The molecule has 0 bridgehead atoms. The number of rotatable bonds is 4. The number of hydrogen-bond donors (Lipinski definition) is 1. The van der Waals surface area contributed by atoms with Crippen molar-refractivity contribution < 1.29 is 14.3 Å². The van der Waals surface area contributed by atoms with Gasteiger partial charge >= 0.3 is 5.97 Å². The average Bonchev–Trinajstić information content (AvgIpc) is 2.48. The molecule has 1 aromatic heterocycles. The normalized spacial score (nSPS) is 10.1. The summed E-state index contributed by atoms with van der Waals surface area (Å²) < 4.78 is 13.0. The van der Waals surface area contributed by atoms with Crippen LogP contribution in [0.25, 0.3) is 0 Å². The van der Waals surface area contributed by atoms with Gasteiger partial charge in [-0.25, -0.2) is 4.79 Å². The molecular formula is C7H9FN2O2. The van der Waals surface area contributed by atoms with Crippen molar-refractivity contribution >= 4 is 5.97 Å². The Morgan fingerprint density at radius 1 is 1.75 bits per heavy atom. The summed E-state index contributed by atoms with van der Waals surface area (Å²) in [6.07, 6.45) is 1.68. The minimum atomic E-state index is -1.04. The van der Waals surface area contributed by atoms with Crippen LogP contribution in [-0.2, 0) is 6.54 Å². The zero-order valence-electron chi connectivity index (χ0n) is 6.40. The van der Waals surface area contributed by atoms with Crippen molar-refractivity contribution in [2.24, 2.45) is 0 Å². The molecule has 0 saturated carbocycles. The first kappa shape index (κ1) is 8.70. The molecule has 0 aliphatic rings. The second-order valence-corrected chi connectivity index (χ2v) is 2.29. The molecule has 0 spiro atoms. The summed E-state index contributed by atoms with van der Waals surface area (Å²) >= 11 is 0. The zero-order valence-corrected chi connectivity index (χ0v) is 6.40. The van der Waals surface area contributed by atoms with Crippen LogP contribution in [0.2, 0.25) is 0 Å². The van der Waals surface area contributed by atoms with Gasteiger partial charge in [-0.2, -0.15) is 5.10 Å². The number of halogens is 1. The van der Waals surface area contributed by atoms with Gasteiger partial charge in [0.05, 0.1) is 6.67 Å². The molecule has 0 aromatic carbocycles. The van der Waals surface area contributed by atoms with Crippen LogP contribution in [0.4, 0.5) is 4.39 Å². The van der Waals surface area contributed by atoms with E-state index in [1.807, 2.05) is 0 Å². The largest absolute Gasteiger partial charge is 0.477 e. The maximum absolute atomic E-state index is 11.7. The van der Waals surface area contributed by atoms with E-state index >= 15 is 0 Å². The summed E-state index contributed by atoms with van der Waals surface area (Å²) in [4.78, 5) is 10.5. The maximum atomic E-state index is 11.7. The first-order valence-corrected chi connectivity index (χ1v) is 3.57. The predicted molar refractivity (Wildman–Crippen MR) is 39.8 cm³/mol. The van der Waals surface area contributed by atoms with E-state index in [1.54, 1.807) is 0 Å². The van der Waals surface area contributed by atoms with E-state index in [0.717, 1.165) is 0 Å². The standard InChI is InChI=1S/C7H9FN2O2/c8-3-1-5-10-6(7(11)12)2-4-9-10/h2,4H,1,3,5H2,(H,11,12). The molecule has 0 amide bonds. The summed E-state index contributed by atoms with van der Waals surface area (Å²) in [5.41, 5.74) is 0.100. The molecular weight excluding hydrogens is 163 g/mol. The van der Waals surface area contributed by atoms with Gasteiger partial charge in [-0.3, -0.25) is 9.07 Å². The number of aromatic carboxylic acids is 1. The highest BCUT2D eigenvalue weighted by molar-refractivity contribution is 5.85. The molecule has 0 aliphatic heterocycles. The van der Waals surface area contributed by atoms with Crippen molar-refractivity contribution in [3.63, 3.8) is 0 Å². The zero-order chi connectivity index (χ0) is 8.97. The van der Waals surface area contributed by atoms with Crippen molar-refractivity contribution in [3.8, 4) is 0 Å². The monoisotopic (exact) mass is 172 g/mol. The van der Waals surface area contributed by atoms with Gasteiger partial charge in [0.2, 0.25) is 0 Å². The van der Waals surface area contributed by atoms with Gasteiger partial charge in [0.15, 0.2) is 0 Å². The lowest BCUT2D eigenvalue weighted by atomic mass is 10.4. The Hall–Kier alpha value is -1.39. The highest BCUT2D eigenvalue weighted by Crippen LogP contribution is 1.99. The van der Waals surface area contributed by atoms with E-state index in [2.05, 4.69) is 5.10 Å². The van der Waals surface area contributed by atoms with Crippen LogP contribution in [0.1, 0.15) is 16.9 Å². The summed E-state index contributed by atoms with van der Waals surface area (Å²) in [5.74, 6) is -1.04. The van der Waals surface area contributed by atoms with E-state index in [0.29, 0.717) is 13.0 Å². The molecule has 0 radical (unpaired) electrons. The van der Waals surface area contributed by atoms with Crippen molar-refractivity contribution in [1.29, 1.82) is 0 Å². The van der Waals surface area contributed by atoms with Crippen molar-refractivity contribution in [2.45, 2.75) is 13.0 Å². The minimum Gasteiger partial charge on any atom is -0.477 e. The summed E-state index contributed by atoms with van der Waals surface area (Å²) in [6.45, 7) is -0.149. The molecule has 66 valence electrons. The van der Waals surface area contributed by atoms with Crippen LogP contribution >= 0.6 is 0 Å². The number of alkyl halides is 1. The maximum Gasteiger partial charge on any atom is 0.354 e. The van der Waals surface area contributed by atoms with Gasteiger partial charge in [0.1, 0.15) is 5.69 Å². The topological polar surface area (TPSA) is 55.1 Å². The van der Waals surface area contributed by atoms with Crippen molar-refractivity contribution in [1.82, 2.24) is 9.78 Å². The lowest BCUT2D eigenvalue weighted by Gasteiger charge is -2.00. The molecule has 0 unspecified atom stereocenters. The molecule has 4 nitrogen and oxygen atoms in total. The third kappa shape index (κ3) is 1.81. The second-order valence-electron chi connectivity index (χ2n) is 2.29. The SMILES string of the molecule is O=C(O)c1ccnn1CCCF. The van der Waals surface area contributed by atoms with E-state index < -0.39 is 12.6 Å². The molecule has 1 heterocycles. The summed E-state index contributed by atoms with van der Waals surface area (Å²) in [5, 5.41) is 12.3. The smallest absolute Gasteiger partial charge is 0.354 e. The fraction of sp³-hybridized carbons (Fsp3) is 0.429. The first-order valence-electron chi connectivity index (χ1n) is 3.57. The van der Waals surface area contributed by atoms with Crippen molar-refractivity contribution in [2.75, 3.05) is 6.67 Å². The number of aryl methyl sites for hydroxylation is 1. The Labute approximate surface area is 68.6 Å². The molecule has 0 aliphatic carbocycles. The first-order chi connectivity index (χ1) is 5.75. The van der Waals surface area contributed by atoms with Crippen LogP contribution in [0.3, 0.4) is 0 Å². The average molecular weight is 172 g/mol. The highest BCUT2D eigenvalue weighted by Gasteiger charge is 2.08. The number of carboxylic acids is 1. The number of hydrogen-bond acceptors (Lipinski definition) is 2. The van der Waals surface area contributed by atoms with Crippen LogP contribution in [-0.4, -0.2) is 27.5 Å². The molecule has 0 saturated heterocycles. The fourth-order valence-electron chi connectivity index (χ4n) is 0.902. The highest BCUT2D eigenvalue weighted by atomic mass is 19.1. The fourth-order valence-corrected chi connectivity index (χ4v) is 0.902. The summed E-state index contributed by atoms with van der Waals surface area (Å²) in [7, 11) is 0. The van der Waals surface area contributed by atoms with E-state index in [-0.39, 0.29) is 5.69 Å². The van der Waals surface area contributed by atoms with Gasteiger partial charge in [0.25, 0.3) is 0 Å².